The molecule has 1 aromatic heterocycles. The zero-order valence-electron chi connectivity index (χ0n) is 18.1. The predicted octanol–water partition coefficient (Wildman–Crippen LogP) is 4.21. The van der Waals surface area contributed by atoms with Gasteiger partial charge in [-0.1, -0.05) is 18.7 Å². The molecule has 0 aliphatic carbocycles. The van der Waals surface area contributed by atoms with E-state index in [1.165, 1.54) is 18.2 Å². The van der Waals surface area contributed by atoms with Crippen molar-refractivity contribution in [2.45, 2.75) is 32.4 Å². The Morgan fingerprint density at radius 2 is 2.03 bits per heavy atom. The number of anilines is 1. The number of hydrogen-bond donors (Lipinski definition) is 1. The third-order valence-corrected chi connectivity index (χ3v) is 5.93. The summed E-state index contributed by atoms with van der Waals surface area (Å²) in [5, 5.41) is 14.6. The molecule has 32 heavy (non-hydrogen) atoms. The van der Waals surface area contributed by atoms with E-state index in [0.717, 1.165) is 43.7 Å². The third-order valence-electron chi connectivity index (χ3n) is 5.93. The lowest BCUT2D eigenvalue weighted by atomic mass is 10.0. The lowest BCUT2D eigenvalue weighted by Crippen LogP contribution is -2.47. The van der Waals surface area contributed by atoms with Gasteiger partial charge in [-0.05, 0) is 67.8 Å². The molecule has 2 aromatic carbocycles. The molecule has 0 spiro atoms. The fraction of sp³-hybridized carbons (Fsp3) is 0.280. The molecule has 6 nitrogen and oxygen atoms in total. The van der Waals surface area contributed by atoms with Gasteiger partial charge in [0.25, 0.3) is 5.91 Å². The van der Waals surface area contributed by atoms with Crippen molar-refractivity contribution in [3.63, 3.8) is 0 Å². The van der Waals surface area contributed by atoms with Crippen LogP contribution in [0, 0.1) is 12.7 Å². The molecule has 0 atom stereocenters. The van der Waals surface area contributed by atoms with Crippen LogP contribution in [0.3, 0.4) is 0 Å². The van der Waals surface area contributed by atoms with Crippen molar-refractivity contribution in [1.82, 2.24) is 14.7 Å². The van der Waals surface area contributed by atoms with E-state index in [1.807, 2.05) is 25.1 Å². The normalized spacial score (nSPS) is 14.9. The molecule has 1 aliphatic heterocycles. The molecule has 0 saturated carbocycles. The Labute approximate surface area is 187 Å². The van der Waals surface area contributed by atoms with E-state index in [-0.39, 0.29) is 23.5 Å². The van der Waals surface area contributed by atoms with Gasteiger partial charge < -0.3 is 10.0 Å². The highest BCUT2D eigenvalue weighted by Crippen LogP contribution is 2.27. The summed E-state index contributed by atoms with van der Waals surface area (Å²) in [6.45, 7) is 7.90. The summed E-state index contributed by atoms with van der Waals surface area (Å²) < 4.78 is 15.5. The van der Waals surface area contributed by atoms with Crippen LogP contribution in [-0.2, 0) is 11.3 Å². The molecule has 1 amide bonds. The Hall–Kier alpha value is -3.45. The molecule has 0 radical (unpaired) electrons. The Morgan fingerprint density at radius 3 is 2.69 bits per heavy atom. The molecule has 1 aliphatic rings. The zero-order chi connectivity index (χ0) is 22.7. The van der Waals surface area contributed by atoms with Crippen molar-refractivity contribution < 1.29 is 14.3 Å². The summed E-state index contributed by atoms with van der Waals surface area (Å²) >= 11 is 0. The van der Waals surface area contributed by atoms with Gasteiger partial charge in [0.1, 0.15) is 17.3 Å². The monoisotopic (exact) mass is 434 g/mol. The topological polar surface area (TPSA) is 61.6 Å². The standard InChI is InChI=1S/C25H27FN4O2/c1-3-25(32)29(22-6-4-5-20(26)16-22)21-10-13-28(14-11-21)17-19-7-8-24(31)23(15-19)30-18(2)9-12-27-30/h3-9,12,15-16,21,31H,1,10-11,13-14,17H2,2H3. The van der Waals surface area contributed by atoms with Crippen molar-refractivity contribution in [1.29, 1.82) is 0 Å². The number of piperidine rings is 1. The average molecular weight is 435 g/mol. The summed E-state index contributed by atoms with van der Waals surface area (Å²) in [5.41, 5.74) is 3.25. The van der Waals surface area contributed by atoms with Gasteiger partial charge in [0.15, 0.2) is 0 Å². The molecule has 0 bridgehead atoms. The first kappa shape index (κ1) is 21.8. The summed E-state index contributed by atoms with van der Waals surface area (Å²) in [5.74, 6) is -0.392. The van der Waals surface area contributed by atoms with Gasteiger partial charge in [-0.2, -0.15) is 5.10 Å². The van der Waals surface area contributed by atoms with Crippen LogP contribution in [0.25, 0.3) is 5.69 Å². The summed E-state index contributed by atoms with van der Waals surface area (Å²) in [6, 6.07) is 13.6. The number of aromatic nitrogens is 2. The van der Waals surface area contributed by atoms with E-state index in [9.17, 15) is 14.3 Å². The number of phenols is 1. The van der Waals surface area contributed by atoms with Crippen LogP contribution in [-0.4, -0.2) is 44.8 Å². The predicted molar refractivity (Wildman–Crippen MR) is 122 cm³/mol. The van der Waals surface area contributed by atoms with Gasteiger partial charge in [0.2, 0.25) is 0 Å². The minimum atomic E-state index is -0.364. The second kappa shape index (κ2) is 9.36. The molecule has 4 rings (SSSR count). The number of halogens is 1. The van der Waals surface area contributed by atoms with Crippen LogP contribution in [0.5, 0.6) is 5.75 Å². The number of carbonyl (C=O) groups excluding carboxylic acids is 1. The number of hydrogen-bond acceptors (Lipinski definition) is 4. The number of aromatic hydroxyl groups is 1. The molecule has 7 heteroatoms. The molecule has 1 saturated heterocycles. The number of nitrogens with zero attached hydrogens (tertiary/aromatic N) is 4. The Balaban J connectivity index is 1.45. The fourth-order valence-electron chi connectivity index (χ4n) is 4.29. The van der Waals surface area contributed by atoms with Crippen LogP contribution >= 0.6 is 0 Å². The molecule has 166 valence electrons. The van der Waals surface area contributed by atoms with Gasteiger partial charge >= 0.3 is 0 Å². The maximum Gasteiger partial charge on any atom is 0.250 e. The van der Waals surface area contributed by atoms with E-state index in [4.69, 9.17) is 0 Å². The van der Waals surface area contributed by atoms with Crippen molar-refractivity contribution >= 4 is 11.6 Å². The number of rotatable bonds is 6. The average Bonchev–Trinajstić information content (AvgIpc) is 3.22. The number of benzene rings is 2. The first-order valence-corrected chi connectivity index (χ1v) is 10.7. The smallest absolute Gasteiger partial charge is 0.250 e. The first-order chi connectivity index (χ1) is 15.5. The number of amides is 1. The lowest BCUT2D eigenvalue weighted by Gasteiger charge is -2.38. The first-order valence-electron chi connectivity index (χ1n) is 10.7. The minimum absolute atomic E-state index is 0.0133. The van der Waals surface area contributed by atoms with Crippen molar-refractivity contribution in [2.24, 2.45) is 0 Å². The van der Waals surface area contributed by atoms with Gasteiger partial charge in [0, 0.05) is 43.3 Å². The van der Waals surface area contributed by atoms with Gasteiger partial charge in [-0.15, -0.1) is 0 Å². The van der Waals surface area contributed by atoms with Gasteiger partial charge in [-0.3, -0.25) is 9.69 Å². The lowest BCUT2D eigenvalue weighted by molar-refractivity contribution is -0.114. The molecular formula is C25H27FN4O2. The van der Waals surface area contributed by atoms with Crippen molar-refractivity contribution in [3.8, 4) is 11.4 Å². The van der Waals surface area contributed by atoms with Crippen LogP contribution in [0.4, 0.5) is 10.1 Å². The van der Waals surface area contributed by atoms with E-state index in [1.54, 1.807) is 34.0 Å². The summed E-state index contributed by atoms with van der Waals surface area (Å²) in [6.07, 6.45) is 4.55. The minimum Gasteiger partial charge on any atom is -0.506 e. The molecule has 1 fully saturated rings. The SMILES string of the molecule is C=CC(=O)N(c1cccc(F)c1)C1CCN(Cc2ccc(O)c(-n3nccc3C)c2)CC1. The maximum atomic E-state index is 13.8. The van der Waals surface area contributed by atoms with Crippen LogP contribution in [0.2, 0.25) is 0 Å². The van der Waals surface area contributed by atoms with Crippen LogP contribution in [0.1, 0.15) is 24.1 Å². The van der Waals surface area contributed by atoms with E-state index < -0.39 is 0 Å². The third kappa shape index (κ3) is 4.57. The fourth-order valence-corrected chi connectivity index (χ4v) is 4.29. The molecular weight excluding hydrogens is 407 g/mol. The van der Waals surface area contributed by atoms with Crippen LogP contribution in [0.15, 0.2) is 67.4 Å². The highest BCUT2D eigenvalue weighted by Gasteiger charge is 2.28. The van der Waals surface area contributed by atoms with E-state index >= 15 is 0 Å². The second-order valence-electron chi connectivity index (χ2n) is 8.11. The highest BCUT2D eigenvalue weighted by molar-refractivity contribution is 6.01. The Morgan fingerprint density at radius 1 is 1.25 bits per heavy atom. The number of phenolic OH excluding ortho intramolecular Hbond substituents is 1. The molecule has 2 heterocycles. The summed E-state index contributed by atoms with van der Waals surface area (Å²) in [7, 11) is 0. The van der Waals surface area contributed by atoms with Crippen molar-refractivity contribution in [2.75, 3.05) is 18.0 Å². The van der Waals surface area contributed by atoms with Gasteiger partial charge in [0.05, 0.1) is 0 Å². The van der Waals surface area contributed by atoms with Gasteiger partial charge in [-0.25, -0.2) is 9.07 Å². The van der Waals surface area contributed by atoms with E-state index in [2.05, 4.69) is 16.6 Å². The highest BCUT2D eigenvalue weighted by atomic mass is 19.1. The quantitative estimate of drug-likeness (QED) is 0.591. The largest absolute Gasteiger partial charge is 0.506 e. The van der Waals surface area contributed by atoms with Crippen molar-refractivity contribution in [3.05, 3.63) is 84.5 Å². The summed E-state index contributed by atoms with van der Waals surface area (Å²) in [4.78, 5) is 16.5. The Bertz CT molecular complexity index is 1120. The van der Waals surface area contributed by atoms with E-state index in [0.29, 0.717) is 11.4 Å². The maximum absolute atomic E-state index is 13.8. The molecule has 3 aromatic rings. The molecule has 0 unspecified atom stereocenters. The second-order valence-corrected chi connectivity index (χ2v) is 8.11. The zero-order valence-corrected chi connectivity index (χ0v) is 18.1. The number of likely N-dealkylation sites (tertiary alicyclic amines) is 1. The van der Waals surface area contributed by atoms with Crippen LogP contribution < -0.4 is 4.90 Å². The Kier molecular flexibility index (Phi) is 6.37. The molecule has 1 N–H and O–H groups in total. The number of aryl methyl sites for hydroxylation is 1. The number of carbonyl (C=O) groups is 1.